The van der Waals surface area contributed by atoms with E-state index in [4.69, 9.17) is 0 Å². The quantitative estimate of drug-likeness (QED) is 0.796. The molecule has 1 N–H and O–H groups in total. The van der Waals surface area contributed by atoms with Gasteiger partial charge < -0.3 is 9.88 Å². The first-order chi connectivity index (χ1) is 8.34. The van der Waals surface area contributed by atoms with E-state index in [-0.39, 0.29) is 0 Å². The molecule has 94 valence electrons. The highest BCUT2D eigenvalue weighted by Crippen LogP contribution is 2.33. The summed E-state index contributed by atoms with van der Waals surface area (Å²) in [7, 11) is 0. The van der Waals surface area contributed by atoms with Crippen LogP contribution in [0.25, 0.3) is 0 Å². The van der Waals surface area contributed by atoms with Crippen molar-refractivity contribution in [3.05, 3.63) is 18.2 Å². The lowest BCUT2D eigenvalue weighted by Crippen LogP contribution is -2.41. The molecule has 2 atom stereocenters. The van der Waals surface area contributed by atoms with Crippen molar-refractivity contribution in [2.75, 3.05) is 13.1 Å². The summed E-state index contributed by atoms with van der Waals surface area (Å²) in [5.74, 6) is 1.62. The molecule has 2 unspecified atom stereocenters. The zero-order valence-corrected chi connectivity index (χ0v) is 10.7. The van der Waals surface area contributed by atoms with E-state index in [0.717, 1.165) is 19.0 Å². The van der Waals surface area contributed by atoms with E-state index in [0.29, 0.717) is 12.0 Å². The maximum atomic E-state index is 4.39. The molecule has 0 amide bonds. The van der Waals surface area contributed by atoms with Crippen LogP contribution in [0.15, 0.2) is 12.5 Å². The van der Waals surface area contributed by atoms with Crippen LogP contribution < -0.4 is 5.32 Å². The minimum Gasteiger partial charge on any atom is -0.331 e. The van der Waals surface area contributed by atoms with Crippen LogP contribution in [0.3, 0.4) is 0 Å². The van der Waals surface area contributed by atoms with E-state index in [1.165, 1.54) is 37.8 Å². The van der Waals surface area contributed by atoms with Crippen LogP contribution in [-0.2, 0) is 0 Å². The molecule has 0 aromatic carbocycles. The molecule has 3 heteroatoms. The highest BCUT2D eigenvalue weighted by Gasteiger charge is 2.26. The fraction of sp³-hybridized carbons (Fsp3) is 0.786. The largest absolute Gasteiger partial charge is 0.331 e. The van der Waals surface area contributed by atoms with Gasteiger partial charge in [-0.05, 0) is 25.2 Å². The van der Waals surface area contributed by atoms with Crippen LogP contribution in [-0.4, -0.2) is 22.6 Å². The van der Waals surface area contributed by atoms with Gasteiger partial charge in [-0.1, -0.05) is 19.8 Å². The first-order valence-electron chi connectivity index (χ1n) is 7.07. The van der Waals surface area contributed by atoms with Crippen molar-refractivity contribution in [2.24, 2.45) is 5.92 Å². The Labute approximate surface area is 104 Å². The van der Waals surface area contributed by atoms with Gasteiger partial charge in [-0.2, -0.15) is 0 Å². The van der Waals surface area contributed by atoms with Gasteiger partial charge in [-0.3, -0.25) is 0 Å². The molecule has 1 aliphatic heterocycles. The van der Waals surface area contributed by atoms with Gasteiger partial charge in [0.25, 0.3) is 0 Å². The van der Waals surface area contributed by atoms with Crippen molar-refractivity contribution in [1.29, 1.82) is 0 Å². The van der Waals surface area contributed by atoms with Gasteiger partial charge in [0.2, 0.25) is 0 Å². The summed E-state index contributed by atoms with van der Waals surface area (Å²) in [5, 5.41) is 3.36. The standard InChI is InChI=1S/C14H23N3/c1-11-3-2-4-13(6-5-11)17-10-16-9-14(17)12-7-15-8-12/h9-13,15H,2-8H2,1H3. The fourth-order valence-electron chi connectivity index (χ4n) is 3.18. The first kappa shape index (κ1) is 11.3. The molecule has 1 aromatic heterocycles. The molecule has 2 heterocycles. The molecule has 1 aliphatic carbocycles. The Kier molecular flexibility index (Phi) is 3.19. The third-order valence-corrected chi connectivity index (χ3v) is 4.52. The molecule has 0 radical (unpaired) electrons. The molecule has 3 nitrogen and oxygen atoms in total. The van der Waals surface area contributed by atoms with Gasteiger partial charge >= 0.3 is 0 Å². The molecule has 1 saturated carbocycles. The summed E-state index contributed by atoms with van der Waals surface area (Å²) in [6.45, 7) is 4.66. The van der Waals surface area contributed by atoms with Gasteiger partial charge in [0, 0.05) is 36.9 Å². The predicted molar refractivity (Wildman–Crippen MR) is 69.1 cm³/mol. The Morgan fingerprint density at radius 2 is 2.12 bits per heavy atom. The minimum atomic E-state index is 0.707. The SMILES string of the molecule is CC1CCCC(n2cncc2C2CNC2)CC1. The van der Waals surface area contributed by atoms with Crippen molar-refractivity contribution in [3.8, 4) is 0 Å². The van der Waals surface area contributed by atoms with Crippen LogP contribution in [0.5, 0.6) is 0 Å². The Balaban J connectivity index is 1.76. The van der Waals surface area contributed by atoms with E-state index in [1.54, 1.807) is 0 Å². The highest BCUT2D eigenvalue weighted by molar-refractivity contribution is 5.12. The molecular weight excluding hydrogens is 210 g/mol. The molecular formula is C14H23N3. The monoisotopic (exact) mass is 233 g/mol. The third-order valence-electron chi connectivity index (χ3n) is 4.52. The summed E-state index contributed by atoms with van der Waals surface area (Å²) >= 11 is 0. The number of hydrogen-bond acceptors (Lipinski definition) is 2. The molecule has 2 aliphatic rings. The lowest BCUT2D eigenvalue weighted by molar-refractivity contribution is 0.377. The lowest BCUT2D eigenvalue weighted by Gasteiger charge is -2.30. The Hall–Kier alpha value is -0.830. The lowest BCUT2D eigenvalue weighted by atomic mass is 9.98. The summed E-state index contributed by atoms with van der Waals surface area (Å²) in [6.07, 6.45) is 11.0. The zero-order valence-electron chi connectivity index (χ0n) is 10.7. The van der Waals surface area contributed by atoms with Crippen LogP contribution >= 0.6 is 0 Å². The topological polar surface area (TPSA) is 29.9 Å². The van der Waals surface area contributed by atoms with Crippen LogP contribution in [0.4, 0.5) is 0 Å². The van der Waals surface area contributed by atoms with Crippen LogP contribution in [0.1, 0.15) is 56.7 Å². The molecule has 2 fully saturated rings. The molecule has 0 spiro atoms. The van der Waals surface area contributed by atoms with Gasteiger partial charge in [0.05, 0.1) is 6.33 Å². The summed E-state index contributed by atoms with van der Waals surface area (Å²) in [6, 6.07) is 0.707. The van der Waals surface area contributed by atoms with E-state index in [1.807, 2.05) is 0 Å². The van der Waals surface area contributed by atoms with Crippen molar-refractivity contribution in [3.63, 3.8) is 0 Å². The summed E-state index contributed by atoms with van der Waals surface area (Å²) < 4.78 is 2.48. The number of rotatable bonds is 2. The molecule has 17 heavy (non-hydrogen) atoms. The molecule has 1 saturated heterocycles. The average Bonchev–Trinajstić information content (AvgIpc) is 2.59. The van der Waals surface area contributed by atoms with Gasteiger partial charge in [-0.25, -0.2) is 4.98 Å². The normalized spacial score (nSPS) is 30.9. The van der Waals surface area contributed by atoms with Crippen LogP contribution in [0.2, 0.25) is 0 Å². The smallest absolute Gasteiger partial charge is 0.0950 e. The second-order valence-electron chi connectivity index (χ2n) is 5.85. The van der Waals surface area contributed by atoms with Gasteiger partial charge in [0.15, 0.2) is 0 Å². The van der Waals surface area contributed by atoms with Crippen molar-refractivity contribution in [1.82, 2.24) is 14.9 Å². The maximum Gasteiger partial charge on any atom is 0.0950 e. The van der Waals surface area contributed by atoms with Crippen molar-refractivity contribution < 1.29 is 0 Å². The highest BCUT2D eigenvalue weighted by atomic mass is 15.1. The van der Waals surface area contributed by atoms with E-state index >= 15 is 0 Å². The zero-order chi connectivity index (χ0) is 11.7. The minimum absolute atomic E-state index is 0.707. The molecule has 3 rings (SSSR count). The maximum absolute atomic E-state index is 4.39. The van der Waals surface area contributed by atoms with Crippen LogP contribution in [0, 0.1) is 5.92 Å². The number of hydrogen-bond donors (Lipinski definition) is 1. The van der Waals surface area contributed by atoms with Crippen molar-refractivity contribution in [2.45, 2.75) is 51.0 Å². The summed E-state index contributed by atoms with van der Waals surface area (Å²) in [4.78, 5) is 4.39. The van der Waals surface area contributed by atoms with Crippen molar-refractivity contribution >= 4 is 0 Å². The van der Waals surface area contributed by atoms with E-state index < -0.39 is 0 Å². The number of imidazole rings is 1. The predicted octanol–water partition coefficient (Wildman–Crippen LogP) is 2.71. The Bertz CT molecular complexity index is 367. The fourth-order valence-corrected chi connectivity index (χ4v) is 3.18. The summed E-state index contributed by atoms with van der Waals surface area (Å²) in [5.41, 5.74) is 1.46. The second kappa shape index (κ2) is 4.81. The number of aromatic nitrogens is 2. The molecule has 1 aromatic rings. The average molecular weight is 233 g/mol. The number of nitrogens with zero attached hydrogens (tertiary/aromatic N) is 2. The van der Waals surface area contributed by atoms with E-state index in [9.17, 15) is 0 Å². The second-order valence-corrected chi connectivity index (χ2v) is 5.85. The van der Waals surface area contributed by atoms with Gasteiger partial charge in [0.1, 0.15) is 0 Å². The Morgan fingerprint density at radius 1 is 1.24 bits per heavy atom. The third kappa shape index (κ3) is 2.25. The Morgan fingerprint density at radius 3 is 2.88 bits per heavy atom. The van der Waals surface area contributed by atoms with E-state index in [2.05, 4.69) is 34.3 Å². The number of nitrogens with one attached hydrogen (secondary N) is 1. The van der Waals surface area contributed by atoms with Gasteiger partial charge in [-0.15, -0.1) is 0 Å². The first-order valence-corrected chi connectivity index (χ1v) is 7.07. The molecule has 0 bridgehead atoms.